The molecule has 1 aromatic carbocycles. The van der Waals surface area contributed by atoms with Crippen LogP contribution >= 0.6 is 0 Å². The lowest BCUT2D eigenvalue weighted by molar-refractivity contribution is 0.0969. The molecule has 0 radical (unpaired) electrons. The van der Waals surface area contributed by atoms with E-state index in [2.05, 4.69) is 37.3 Å². The number of benzene rings is 1. The summed E-state index contributed by atoms with van der Waals surface area (Å²) in [4.78, 5) is 1.47. The molecule has 2 heteroatoms. The van der Waals surface area contributed by atoms with E-state index >= 15 is 0 Å². The van der Waals surface area contributed by atoms with Crippen molar-refractivity contribution < 1.29 is 5.11 Å². The molecule has 2 fully saturated rings. The van der Waals surface area contributed by atoms with Crippen LogP contribution in [-0.2, 0) is 10.9 Å². The van der Waals surface area contributed by atoms with Crippen molar-refractivity contribution in [1.82, 2.24) is 0 Å². The molecule has 17 heavy (non-hydrogen) atoms. The minimum atomic E-state index is -0.0754. The summed E-state index contributed by atoms with van der Waals surface area (Å²) in [7, 11) is 0.265. The molecular formula is C15H21OS+. The van der Waals surface area contributed by atoms with E-state index in [9.17, 15) is 5.11 Å². The second kappa shape index (κ2) is 4.33. The summed E-state index contributed by atoms with van der Waals surface area (Å²) in [5, 5.41) is 10.6. The van der Waals surface area contributed by atoms with Gasteiger partial charge in [0, 0.05) is 29.7 Å². The molecule has 1 aliphatic heterocycles. The minimum Gasteiger partial charge on any atom is -0.387 e. The number of hydrogen-bond donors (Lipinski definition) is 1. The van der Waals surface area contributed by atoms with Gasteiger partial charge in [-0.1, -0.05) is 25.1 Å². The molecule has 3 atom stereocenters. The lowest BCUT2D eigenvalue weighted by Crippen LogP contribution is -2.42. The van der Waals surface area contributed by atoms with E-state index in [0.717, 1.165) is 0 Å². The fourth-order valence-electron chi connectivity index (χ4n) is 3.62. The van der Waals surface area contributed by atoms with E-state index < -0.39 is 0 Å². The molecule has 1 aromatic rings. The largest absolute Gasteiger partial charge is 0.387 e. The lowest BCUT2D eigenvalue weighted by atomic mass is 9.92. The summed E-state index contributed by atoms with van der Waals surface area (Å²) >= 11 is 0. The van der Waals surface area contributed by atoms with E-state index in [4.69, 9.17) is 0 Å². The maximum Gasteiger partial charge on any atom is 0.159 e. The monoisotopic (exact) mass is 249 g/mol. The van der Waals surface area contributed by atoms with E-state index in [-0.39, 0.29) is 21.7 Å². The number of aliphatic hydroxyl groups is 1. The maximum atomic E-state index is 10.6. The maximum absolute atomic E-state index is 10.6. The van der Waals surface area contributed by atoms with E-state index in [1.807, 2.05) is 0 Å². The normalized spacial score (nSPS) is 35.5. The molecule has 1 heterocycles. The standard InChI is InChI=1S/C15H21OS/c1-12-11-17(13-7-3-2-4-8-13)15(14(12)16)9-5-6-10-15/h2-4,7-8,12,14,16H,5-6,9-11H2,1H3/q+1/t12-,14+,17?/m1/s1. The Balaban J connectivity index is 1.98. The Labute approximate surface area is 107 Å². The van der Waals surface area contributed by atoms with Gasteiger partial charge >= 0.3 is 0 Å². The summed E-state index contributed by atoms with van der Waals surface area (Å²) in [6, 6.07) is 10.9. The molecule has 1 unspecified atom stereocenters. The zero-order chi connectivity index (χ0) is 11.9. The predicted octanol–water partition coefficient (Wildman–Crippen LogP) is 2.99. The molecule has 0 bridgehead atoms. The summed E-state index contributed by atoms with van der Waals surface area (Å²) in [6.45, 7) is 2.22. The molecule has 1 saturated heterocycles. The van der Waals surface area contributed by atoms with Crippen LogP contribution in [0.4, 0.5) is 0 Å². The van der Waals surface area contributed by atoms with Crippen molar-refractivity contribution in [3.63, 3.8) is 0 Å². The number of rotatable bonds is 1. The van der Waals surface area contributed by atoms with E-state index in [1.165, 1.54) is 36.3 Å². The Morgan fingerprint density at radius 2 is 1.82 bits per heavy atom. The van der Waals surface area contributed by atoms with Gasteiger partial charge in [0.15, 0.2) is 9.64 Å². The van der Waals surface area contributed by atoms with Crippen LogP contribution in [0.1, 0.15) is 32.6 Å². The van der Waals surface area contributed by atoms with Crippen molar-refractivity contribution in [1.29, 1.82) is 0 Å². The number of hydrogen-bond acceptors (Lipinski definition) is 1. The van der Waals surface area contributed by atoms with Crippen molar-refractivity contribution in [3.8, 4) is 0 Å². The van der Waals surface area contributed by atoms with Crippen molar-refractivity contribution in [2.75, 3.05) is 5.75 Å². The fourth-order valence-corrected chi connectivity index (χ4v) is 7.11. The highest BCUT2D eigenvalue weighted by Gasteiger charge is 2.62. The first-order chi connectivity index (χ1) is 8.24. The van der Waals surface area contributed by atoms with Gasteiger partial charge in [0.05, 0.1) is 0 Å². The van der Waals surface area contributed by atoms with Crippen molar-refractivity contribution in [2.45, 2.75) is 48.4 Å². The van der Waals surface area contributed by atoms with Crippen LogP contribution in [0.3, 0.4) is 0 Å². The summed E-state index contributed by atoms with van der Waals surface area (Å²) in [5.74, 6) is 1.65. The molecule has 1 nitrogen and oxygen atoms in total. The number of aliphatic hydroxyl groups excluding tert-OH is 1. The molecule has 1 saturated carbocycles. The first-order valence-electron chi connectivity index (χ1n) is 6.68. The molecule has 92 valence electrons. The van der Waals surface area contributed by atoms with Crippen LogP contribution in [0, 0.1) is 5.92 Å². The van der Waals surface area contributed by atoms with Gasteiger partial charge in [0.2, 0.25) is 0 Å². The molecule has 3 rings (SSSR count). The van der Waals surface area contributed by atoms with Gasteiger partial charge in [-0.3, -0.25) is 0 Å². The molecule has 1 aliphatic carbocycles. The Bertz CT molecular complexity index is 383. The third kappa shape index (κ3) is 1.73. The quantitative estimate of drug-likeness (QED) is 0.759. The summed E-state index contributed by atoms with van der Waals surface area (Å²) in [5.41, 5.74) is 0. The molecule has 0 amide bonds. The van der Waals surface area contributed by atoms with Crippen molar-refractivity contribution >= 4 is 10.9 Å². The Morgan fingerprint density at radius 1 is 1.18 bits per heavy atom. The summed E-state index contributed by atoms with van der Waals surface area (Å²) < 4.78 is 0.223. The van der Waals surface area contributed by atoms with Crippen molar-refractivity contribution in [2.24, 2.45) is 5.92 Å². The highest BCUT2D eigenvalue weighted by atomic mass is 32.2. The predicted molar refractivity (Wildman–Crippen MR) is 73.3 cm³/mol. The van der Waals surface area contributed by atoms with E-state index in [1.54, 1.807) is 0 Å². The van der Waals surface area contributed by atoms with Crippen LogP contribution in [-0.4, -0.2) is 21.7 Å². The van der Waals surface area contributed by atoms with E-state index in [0.29, 0.717) is 5.92 Å². The second-order valence-corrected chi connectivity index (χ2v) is 7.96. The van der Waals surface area contributed by atoms with Gasteiger partial charge in [-0.25, -0.2) is 0 Å². The van der Waals surface area contributed by atoms with Crippen LogP contribution in [0.2, 0.25) is 0 Å². The Kier molecular flexibility index (Phi) is 2.95. The second-order valence-electron chi connectivity index (χ2n) is 5.56. The van der Waals surface area contributed by atoms with Crippen LogP contribution in [0.15, 0.2) is 35.2 Å². The van der Waals surface area contributed by atoms with Crippen LogP contribution < -0.4 is 0 Å². The summed E-state index contributed by atoms with van der Waals surface area (Å²) in [6.07, 6.45) is 5.00. The zero-order valence-electron chi connectivity index (χ0n) is 10.4. The molecule has 1 N–H and O–H groups in total. The zero-order valence-corrected chi connectivity index (χ0v) is 11.2. The molecule has 2 aliphatic rings. The van der Waals surface area contributed by atoms with Crippen LogP contribution in [0.5, 0.6) is 0 Å². The third-order valence-corrected chi connectivity index (χ3v) is 7.81. The van der Waals surface area contributed by atoms with Gasteiger partial charge in [0.1, 0.15) is 11.9 Å². The average Bonchev–Trinajstić information content (AvgIpc) is 2.93. The highest BCUT2D eigenvalue weighted by Crippen LogP contribution is 2.51. The first-order valence-corrected chi connectivity index (χ1v) is 8.07. The SMILES string of the molecule is C[C@@H]1C[S+](c2ccccc2)C2(CCCC2)[C@H]1O. The molecule has 1 spiro atoms. The van der Waals surface area contributed by atoms with Gasteiger partial charge in [-0.15, -0.1) is 0 Å². The topological polar surface area (TPSA) is 20.2 Å². The van der Waals surface area contributed by atoms with Gasteiger partial charge < -0.3 is 5.11 Å². The Hall–Kier alpha value is -0.470. The Morgan fingerprint density at radius 3 is 2.47 bits per heavy atom. The lowest BCUT2D eigenvalue weighted by Gasteiger charge is -2.26. The third-order valence-electron chi connectivity index (χ3n) is 4.48. The fraction of sp³-hybridized carbons (Fsp3) is 0.600. The first kappa shape index (κ1) is 11.6. The van der Waals surface area contributed by atoms with Crippen molar-refractivity contribution in [3.05, 3.63) is 30.3 Å². The average molecular weight is 249 g/mol. The minimum absolute atomic E-state index is 0.0754. The molecular weight excluding hydrogens is 228 g/mol. The smallest absolute Gasteiger partial charge is 0.159 e. The van der Waals surface area contributed by atoms with Gasteiger partial charge in [0.25, 0.3) is 0 Å². The molecule has 0 aromatic heterocycles. The van der Waals surface area contributed by atoms with Gasteiger partial charge in [-0.05, 0) is 25.0 Å². The van der Waals surface area contributed by atoms with Crippen LogP contribution in [0.25, 0.3) is 0 Å². The highest BCUT2D eigenvalue weighted by molar-refractivity contribution is 7.98. The van der Waals surface area contributed by atoms with Gasteiger partial charge in [-0.2, -0.15) is 0 Å².